The molecule has 1 atom stereocenters. The van der Waals surface area contributed by atoms with Crippen molar-refractivity contribution in [2.75, 3.05) is 12.9 Å². The Morgan fingerprint density at radius 2 is 1.95 bits per heavy atom. The smallest absolute Gasteiger partial charge is 0.122 e. The highest BCUT2D eigenvalue weighted by Crippen LogP contribution is 2.26. The molecule has 0 spiro atoms. The van der Waals surface area contributed by atoms with Gasteiger partial charge in [-0.2, -0.15) is 0 Å². The van der Waals surface area contributed by atoms with Crippen molar-refractivity contribution < 1.29 is 4.74 Å². The van der Waals surface area contributed by atoms with Crippen LogP contribution in [0.25, 0.3) is 0 Å². The van der Waals surface area contributed by atoms with Crippen molar-refractivity contribution in [1.29, 1.82) is 0 Å². The molecule has 5 heteroatoms. The van der Waals surface area contributed by atoms with Crippen molar-refractivity contribution in [1.82, 2.24) is 0 Å². The van der Waals surface area contributed by atoms with Gasteiger partial charge < -0.3 is 10.5 Å². The van der Waals surface area contributed by atoms with Gasteiger partial charge in [0.1, 0.15) is 5.75 Å². The van der Waals surface area contributed by atoms with E-state index >= 15 is 0 Å². The normalized spacial score (nSPS) is 12.2. The number of hydrogen-bond donors (Lipinski definition) is 1. The van der Waals surface area contributed by atoms with Gasteiger partial charge in [-0.15, -0.1) is 11.8 Å². The number of hydrogen-bond acceptors (Lipinski definition) is 3. The summed E-state index contributed by atoms with van der Waals surface area (Å²) in [6.07, 6.45) is 0.781. The van der Waals surface area contributed by atoms with Gasteiger partial charge in [0.05, 0.1) is 7.11 Å². The first-order valence-electron chi connectivity index (χ1n) is 6.55. The van der Waals surface area contributed by atoms with Gasteiger partial charge in [0, 0.05) is 26.2 Å². The first-order valence-corrected chi connectivity index (χ1v) is 8.70. The first-order chi connectivity index (χ1) is 10.1. The maximum Gasteiger partial charge on any atom is 0.122 e. The third-order valence-electron chi connectivity index (χ3n) is 3.00. The number of ether oxygens (including phenoxy) is 1. The fourth-order valence-corrected chi connectivity index (χ4v) is 3.37. The molecule has 0 heterocycles. The zero-order chi connectivity index (χ0) is 15.2. The number of halogens is 2. The molecular formula is C16H17BrClNOS. The van der Waals surface area contributed by atoms with Gasteiger partial charge >= 0.3 is 0 Å². The highest BCUT2D eigenvalue weighted by molar-refractivity contribution is 9.10. The van der Waals surface area contributed by atoms with Gasteiger partial charge in [0.15, 0.2) is 0 Å². The average molecular weight is 387 g/mol. The Morgan fingerprint density at radius 1 is 1.24 bits per heavy atom. The monoisotopic (exact) mass is 385 g/mol. The lowest BCUT2D eigenvalue weighted by atomic mass is 10.1. The Labute approximate surface area is 143 Å². The van der Waals surface area contributed by atoms with Gasteiger partial charge in [-0.05, 0) is 54.4 Å². The number of methoxy groups -OCH3 is 1. The second kappa shape index (κ2) is 8.08. The van der Waals surface area contributed by atoms with Crippen LogP contribution in [0.5, 0.6) is 5.75 Å². The Bertz CT molecular complexity index is 591. The number of rotatable bonds is 6. The molecule has 2 nitrogen and oxygen atoms in total. The zero-order valence-corrected chi connectivity index (χ0v) is 14.8. The number of thioether (sulfide) groups is 1. The highest BCUT2D eigenvalue weighted by atomic mass is 79.9. The first kappa shape index (κ1) is 16.7. The summed E-state index contributed by atoms with van der Waals surface area (Å²) in [6, 6.07) is 13.9. The number of nitrogens with two attached hydrogens (primary N) is 1. The molecule has 112 valence electrons. The quantitative estimate of drug-likeness (QED) is 0.726. The van der Waals surface area contributed by atoms with Crippen LogP contribution >= 0.6 is 39.3 Å². The van der Waals surface area contributed by atoms with Crippen molar-refractivity contribution in [3.63, 3.8) is 0 Å². The summed E-state index contributed by atoms with van der Waals surface area (Å²) >= 11 is 11.1. The van der Waals surface area contributed by atoms with E-state index in [-0.39, 0.29) is 6.04 Å². The summed E-state index contributed by atoms with van der Waals surface area (Å²) in [6.45, 7) is 0. The largest absolute Gasteiger partial charge is 0.496 e. The van der Waals surface area contributed by atoms with E-state index in [2.05, 4.69) is 22.0 Å². The molecule has 0 saturated heterocycles. The maximum absolute atomic E-state index is 6.24. The van der Waals surface area contributed by atoms with Crippen LogP contribution in [0.1, 0.15) is 5.56 Å². The average Bonchev–Trinajstić information content (AvgIpc) is 2.47. The van der Waals surface area contributed by atoms with E-state index in [1.54, 1.807) is 18.9 Å². The summed E-state index contributed by atoms with van der Waals surface area (Å²) in [5.74, 6) is 1.72. The van der Waals surface area contributed by atoms with Crippen LogP contribution in [0.4, 0.5) is 0 Å². The Kier molecular flexibility index (Phi) is 6.42. The van der Waals surface area contributed by atoms with Crippen molar-refractivity contribution in [3.05, 3.63) is 57.5 Å². The molecule has 2 rings (SSSR count). The van der Waals surface area contributed by atoms with Gasteiger partial charge in [-0.1, -0.05) is 27.5 Å². The van der Waals surface area contributed by atoms with Crippen LogP contribution < -0.4 is 10.5 Å². The van der Waals surface area contributed by atoms with E-state index in [4.69, 9.17) is 22.1 Å². The van der Waals surface area contributed by atoms with Crippen LogP contribution in [-0.4, -0.2) is 18.9 Å². The minimum atomic E-state index is 0.0638. The summed E-state index contributed by atoms with van der Waals surface area (Å²) < 4.78 is 6.42. The number of benzene rings is 2. The fourth-order valence-electron chi connectivity index (χ4n) is 1.98. The van der Waals surface area contributed by atoms with E-state index < -0.39 is 0 Å². The highest BCUT2D eigenvalue weighted by Gasteiger charge is 2.10. The van der Waals surface area contributed by atoms with Crippen LogP contribution in [0, 0.1) is 0 Å². The maximum atomic E-state index is 6.24. The predicted molar refractivity (Wildman–Crippen MR) is 94.5 cm³/mol. The molecule has 0 aliphatic rings. The summed E-state index contributed by atoms with van der Waals surface area (Å²) in [5.41, 5.74) is 7.36. The molecule has 2 aromatic carbocycles. The molecule has 0 saturated carbocycles. The Morgan fingerprint density at radius 3 is 2.62 bits per heavy atom. The van der Waals surface area contributed by atoms with Crippen molar-refractivity contribution in [2.45, 2.75) is 17.4 Å². The minimum absolute atomic E-state index is 0.0638. The third kappa shape index (κ3) is 5.22. The molecule has 0 aliphatic carbocycles. The molecule has 0 amide bonds. The van der Waals surface area contributed by atoms with Crippen molar-refractivity contribution in [2.24, 2.45) is 5.73 Å². The van der Waals surface area contributed by atoms with E-state index in [0.717, 1.165) is 33.0 Å². The van der Waals surface area contributed by atoms with Crippen molar-refractivity contribution in [3.8, 4) is 5.75 Å². The SMILES string of the molecule is COc1ccc(Br)cc1CC(N)CSc1ccc(Cl)cc1. The molecule has 2 aromatic rings. The van der Waals surface area contributed by atoms with Crippen LogP contribution in [-0.2, 0) is 6.42 Å². The lowest BCUT2D eigenvalue weighted by molar-refractivity contribution is 0.408. The second-order valence-electron chi connectivity index (χ2n) is 4.69. The van der Waals surface area contributed by atoms with E-state index in [0.29, 0.717) is 0 Å². The molecule has 2 N–H and O–H groups in total. The summed E-state index contributed by atoms with van der Waals surface area (Å²) in [4.78, 5) is 1.18. The standard InChI is InChI=1S/C16H17BrClNOS/c1-20-16-7-2-12(17)8-11(16)9-14(19)10-21-15-5-3-13(18)4-6-15/h2-8,14H,9-10,19H2,1H3. The van der Waals surface area contributed by atoms with Gasteiger partial charge in [-0.25, -0.2) is 0 Å². The van der Waals surface area contributed by atoms with Gasteiger partial charge in [-0.3, -0.25) is 0 Å². The fraction of sp³-hybridized carbons (Fsp3) is 0.250. The summed E-state index contributed by atoms with van der Waals surface area (Å²) in [7, 11) is 1.68. The summed E-state index contributed by atoms with van der Waals surface area (Å²) in [5, 5.41) is 0.752. The molecular weight excluding hydrogens is 370 g/mol. The molecule has 21 heavy (non-hydrogen) atoms. The minimum Gasteiger partial charge on any atom is -0.496 e. The topological polar surface area (TPSA) is 35.2 Å². The second-order valence-corrected chi connectivity index (χ2v) is 7.13. The van der Waals surface area contributed by atoms with Gasteiger partial charge in [0.25, 0.3) is 0 Å². The van der Waals surface area contributed by atoms with Crippen LogP contribution in [0.2, 0.25) is 5.02 Å². The molecule has 1 unspecified atom stereocenters. The Hall–Kier alpha value is -0.680. The molecule has 0 aliphatic heterocycles. The molecule has 0 radical (unpaired) electrons. The van der Waals surface area contributed by atoms with Crippen LogP contribution in [0.3, 0.4) is 0 Å². The Balaban J connectivity index is 1.94. The zero-order valence-electron chi connectivity index (χ0n) is 11.7. The molecule has 0 aromatic heterocycles. The van der Waals surface area contributed by atoms with E-state index in [1.165, 1.54) is 4.90 Å². The molecule has 0 bridgehead atoms. The van der Waals surface area contributed by atoms with Crippen LogP contribution in [0.15, 0.2) is 51.8 Å². The third-order valence-corrected chi connectivity index (χ3v) is 4.95. The lowest BCUT2D eigenvalue weighted by Gasteiger charge is -2.14. The van der Waals surface area contributed by atoms with E-state index in [9.17, 15) is 0 Å². The lowest BCUT2D eigenvalue weighted by Crippen LogP contribution is -2.25. The van der Waals surface area contributed by atoms with E-state index in [1.807, 2.05) is 36.4 Å². The van der Waals surface area contributed by atoms with Crippen molar-refractivity contribution >= 4 is 39.3 Å². The molecule has 0 fully saturated rings. The predicted octanol–water partition coefficient (Wildman–Crippen LogP) is 4.77. The van der Waals surface area contributed by atoms with Gasteiger partial charge in [0.2, 0.25) is 0 Å².